The monoisotopic (exact) mass is 565 g/mol. The van der Waals surface area contributed by atoms with Gasteiger partial charge in [-0.25, -0.2) is 13.4 Å². The number of aromatic nitrogens is 3. The Hall–Kier alpha value is -5.21. The van der Waals surface area contributed by atoms with Crippen LogP contribution in [0.5, 0.6) is 0 Å². The molecule has 0 bridgehead atoms. The number of nitrogens with two attached hydrogens (primary N) is 1. The summed E-state index contributed by atoms with van der Waals surface area (Å²) >= 11 is 0. The Morgan fingerprint density at radius 2 is 1.78 bits per heavy atom. The molecule has 0 amide bonds. The first kappa shape index (κ1) is 27.4. The molecular weight excluding hydrogens is 538 g/mol. The fourth-order valence-corrected chi connectivity index (χ4v) is 5.21. The molecule has 0 saturated heterocycles. The van der Waals surface area contributed by atoms with Gasteiger partial charge in [-0.2, -0.15) is 10.2 Å². The van der Waals surface area contributed by atoms with Crippen molar-refractivity contribution in [3.8, 4) is 22.9 Å². The zero-order valence-electron chi connectivity index (χ0n) is 22.6. The van der Waals surface area contributed by atoms with Gasteiger partial charge in [0, 0.05) is 18.4 Å². The van der Waals surface area contributed by atoms with E-state index in [1.165, 1.54) is 17.5 Å². The normalized spacial score (nSPS) is 12.0. The number of sulfonamides is 1. The standard InChI is InChI=1S/C30H27N7O3S/c1-19(34-28-22(17-31)18-33-30(32)35-28)26-16-21-10-8-14-25(20-9-7-13-24(15-20)36(2)41(3,39)40)27(21)29(38)37(26)23-11-5-4-6-12-23/h4-16,18-19H,1-3H3,(H3,32,33,34,35)/t19-/m0/s1. The minimum absolute atomic E-state index is 0.0195. The summed E-state index contributed by atoms with van der Waals surface area (Å²) in [5.74, 6) is 0.284. The summed E-state index contributed by atoms with van der Waals surface area (Å²) in [5, 5.41) is 14.0. The molecule has 0 aliphatic rings. The lowest BCUT2D eigenvalue weighted by molar-refractivity contribution is 0.600. The average Bonchev–Trinajstić information content (AvgIpc) is 2.96. The third-order valence-electron chi connectivity index (χ3n) is 6.83. The van der Waals surface area contributed by atoms with Crippen molar-refractivity contribution in [2.24, 2.45) is 0 Å². The van der Waals surface area contributed by atoms with E-state index in [1.807, 2.05) is 67.6 Å². The van der Waals surface area contributed by atoms with Crippen molar-refractivity contribution in [1.29, 1.82) is 5.26 Å². The van der Waals surface area contributed by atoms with Gasteiger partial charge in [0.25, 0.3) is 5.56 Å². The van der Waals surface area contributed by atoms with E-state index < -0.39 is 16.1 Å². The van der Waals surface area contributed by atoms with E-state index in [0.29, 0.717) is 39.0 Å². The summed E-state index contributed by atoms with van der Waals surface area (Å²) in [6.07, 6.45) is 2.49. The highest BCUT2D eigenvalue weighted by Crippen LogP contribution is 2.32. The maximum atomic E-state index is 14.4. The van der Waals surface area contributed by atoms with E-state index >= 15 is 0 Å². The number of nitrogens with zero attached hydrogens (tertiary/aromatic N) is 5. The number of pyridine rings is 1. The molecule has 0 spiro atoms. The van der Waals surface area contributed by atoms with Gasteiger partial charge in [0.2, 0.25) is 16.0 Å². The van der Waals surface area contributed by atoms with Crippen LogP contribution in [0.4, 0.5) is 17.5 Å². The lowest BCUT2D eigenvalue weighted by atomic mass is 9.97. The Morgan fingerprint density at radius 1 is 1.05 bits per heavy atom. The first-order valence-corrected chi connectivity index (χ1v) is 14.5. The Kier molecular flexibility index (Phi) is 7.17. The lowest BCUT2D eigenvalue weighted by Crippen LogP contribution is -2.26. The molecule has 3 N–H and O–H groups in total. The number of nitrogen functional groups attached to an aromatic ring is 1. The number of rotatable bonds is 7. The van der Waals surface area contributed by atoms with Gasteiger partial charge in [-0.05, 0) is 53.8 Å². The third-order valence-corrected chi connectivity index (χ3v) is 8.04. The minimum atomic E-state index is -3.47. The molecule has 1 atom stereocenters. The first-order valence-electron chi connectivity index (χ1n) is 12.7. The quantitative estimate of drug-likeness (QED) is 0.294. The molecule has 0 aliphatic heterocycles. The van der Waals surface area contributed by atoms with Crippen molar-refractivity contribution in [1.82, 2.24) is 14.5 Å². The molecule has 5 aromatic rings. The van der Waals surface area contributed by atoms with E-state index in [2.05, 4.69) is 21.4 Å². The van der Waals surface area contributed by atoms with Crippen LogP contribution in [0.2, 0.25) is 0 Å². The molecule has 206 valence electrons. The van der Waals surface area contributed by atoms with E-state index in [4.69, 9.17) is 5.73 Å². The van der Waals surface area contributed by atoms with Crippen LogP contribution in [0.3, 0.4) is 0 Å². The molecule has 11 heteroatoms. The van der Waals surface area contributed by atoms with Gasteiger partial charge in [-0.15, -0.1) is 0 Å². The predicted molar refractivity (Wildman–Crippen MR) is 161 cm³/mol. The first-order chi connectivity index (χ1) is 19.6. The second-order valence-electron chi connectivity index (χ2n) is 9.56. The number of hydrogen-bond donors (Lipinski definition) is 2. The molecule has 41 heavy (non-hydrogen) atoms. The van der Waals surface area contributed by atoms with Gasteiger partial charge in [0.05, 0.1) is 29.6 Å². The average molecular weight is 566 g/mol. The predicted octanol–water partition coefficient (Wildman–Crippen LogP) is 4.47. The van der Waals surface area contributed by atoms with Crippen LogP contribution < -0.4 is 20.9 Å². The molecule has 3 aromatic carbocycles. The summed E-state index contributed by atoms with van der Waals surface area (Å²) in [6.45, 7) is 1.87. The van der Waals surface area contributed by atoms with Crippen molar-refractivity contribution in [3.63, 3.8) is 0 Å². The zero-order valence-corrected chi connectivity index (χ0v) is 23.4. The second-order valence-corrected chi connectivity index (χ2v) is 11.6. The molecule has 0 fully saturated rings. The minimum Gasteiger partial charge on any atom is -0.368 e. The second kappa shape index (κ2) is 10.7. The smallest absolute Gasteiger partial charge is 0.263 e. The van der Waals surface area contributed by atoms with E-state index in [-0.39, 0.29) is 22.9 Å². The fraction of sp³-hybridized carbons (Fsp3) is 0.133. The van der Waals surface area contributed by atoms with Crippen LogP contribution in [0, 0.1) is 11.3 Å². The number of benzene rings is 3. The Morgan fingerprint density at radius 3 is 2.49 bits per heavy atom. The number of nitrogens with one attached hydrogen (secondary N) is 1. The maximum absolute atomic E-state index is 14.4. The topological polar surface area (TPSA) is 147 Å². The molecule has 2 heterocycles. The van der Waals surface area contributed by atoms with Gasteiger partial charge in [-0.1, -0.05) is 48.5 Å². The molecule has 10 nitrogen and oxygen atoms in total. The van der Waals surface area contributed by atoms with Gasteiger partial charge in [0.15, 0.2) is 0 Å². The summed E-state index contributed by atoms with van der Waals surface area (Å²) in [4.78, 5) is 22.5. The number of hydrogen-bond acceptors (Lipinski definition) is 8. The Labute approximate surface area is 237 Å². The largest absolute Gasteiger partial charge is 0.368 e. The zero-order chi connectivity index (χ0) is 29.3. The van der Waals surface area contributed by atoms with Crippen molar-refractivity contribution in [3.05, 3.63) is 107 Å². The van der Waals surface area contributed by atoms with Crippen molar-refractivity contribution >= 4 is 38.2 Å². The number of anilines is 3. The van der Waals surface area contributed by atoms with Crippen molar-refractivity contribution < 1.29 is 8.42 Å². The van der Waals surface area contributed by atoms with Gasteiger partial charge in [0.1, 0.15) is 17.5 Å². The van der Waals surface area contributed by atoms with Crippen molar-refractivity contribution in [2.75, 3.05) is 28.7 Å². The van der Waals surface area contributed by atoms with Gasteiger partial charge >= 0.3 is 0 Å². The summed E-state index contributed by atoms with van der Waals surface area (Å²) in [7, 11) is -1.98. The Balaban J connectivity index is 1.73. The van der Waals surface area contributed by atoms with E-state index in [9.17, 15) is 18.5 Å². The molecule has 2 aromatic heterocycles. The number of para-hydroxylation sites is 1. The summed E-state index contributed by atoms with van der Waals surface area (Å²) in [6, 6.07) is 25.4. The highest BCUT2D eigenvalue weighted by atomic mass is 32.2. The van der Waals surface area contributed by atoms with Crippen LogP contribution >= 0.6 is 0 Å². The Bertz CT molecular complexity index is 1980. The molecule has 0 unspecified atom stereocenters. The maximum Gasteiger partial charge on any atom is 0.263 e. The lowest BCUT2D eigenvalue weighted by Gasteiger charge is -2.22. The van der Waals surface area contributed by atoms with Crippen LogP contribution in [0.15, 0.2) is 89.9 Å². The highest BCUT2D eigenvalue weighted by molar-refractivity contribution is 7.92. The van der Waals surface area contributed by atoms with Crippen LogP contribution in [-0.4, -0.2) is 36.3 Å². The SMILES string of the molecule is C[C@H](Nc1nc(N)ncc1C#N)c1cc2cccc(-c3cccc(N(C)S(C)(=O)=O)c3)c2c(=O)n1-c1ccccc1. The molecule has 0 saturated carbocycles. The van der Waals surface area contributed by atoms with E-state index in [0.717, 1.165) is 6.26 Å². The van der Waals surface area contributed by atoms with Crippen LogP contribution in [-0.2, 0) is 10.0 Å². The van der Waals surface area contributed by atoms with Crippen LogP contribution in [0.25, 0.3) is 27.6 Å². The van der Waals surface area contributed by atoms with Gasteiger partial charge < -0.3 is 11.1 Å². The molecule has 5 rings (SSSR count). The summed E-state index contributed by atoms with van der Waals surface area (Å²) < 4.78 is 27.2. The molecular formula is C30H27N7O3S. The fourth-order valence-electron chi connectivity index (χ4n) is 4.71. The van der Waals surface area contributed by atoms with E-state index in [1.54, 1.807) is 22.8 Å². The molecule has 0 radical (unpaired) electrons. The van der Waals surface area contributed by atoms with Gasteiger partial charge in [-0.3, -0.25) is 13.7 Å². The number of fused-ring (bicyclic) bond motifs is 1. The summed E-state index contributed by atoms with van der Waals surface area (Å²) in [5.41, 5.74) is 8.90. The van der Waals surface area contributed by atoms with Crippen molar-refractivity contribution in [2.45, 2.75) is 13.0 Å². The molecule has 0 aliphatic carbocycles. The number of nitriles is 1. The van der Waals surface area contributed by atoms with Crippen LogP contribution in [0.1, 0.15) is 24.2 Å². The highest BCUT2D eigenvalue weighted by Gasteiger charge is 2.21. The third kappa shape index (κ3) is 5.33.